The summed E-state index contributed by atoms with van der Waals surface area (Å²) in [5.41, 5.74) is 2.08. The number of ether oxygens (including phenoxy) is 1. The maximum atomic E-state index is 10.5. The average molecular weight is 280 g/mol. The van der Waals surface area contributed by atoms with Crippen LogP contribution in [-0.4, -0.2) is 23.3 Å². The van der Waals surface area contributed by atoms with E-state index < -0.39 is 5.97 Å². The van der Waals surface area contributed by atoms with Gasteiger partial charge in [0.05, 0.1) is 12.2 Å². The minimum atomic E-state index is -0.729. The summed E-state index contributed by atoms with van der Waals surface area (Å²) < 4.78 is 5.74. The van der Waals surface area contributed by atoms with Gasteiger partial charge in [-0.25, -0.2) is 0 Å². The number of carbonyl (C=O) groups is 1. The smallest absolute Gasteiger partial charge is 0.303 e. The van der Waals surface area contributed by atoms with Crippen molar-refractivity contribution in [1.29, 1.82) is 0 Å². The van der Waals surface area contributed by atoms with E-state index in [2.05, 4.69) is 18.7 Å². The summed E-state index contributed by atoms with van der Waals surface area (Å²) in [6.45, 7) is 12.4. The maximum absolute atomic E-state index is 10.5. The first-order valence-corrected chi connectivity index (χ1v) is 7.12. The molecule has 20 heavy (non-hydrogen) atoms. The van der Waals surface area contributed by atoms with E-state index in [1.165, 1.54) is 5.57 Å². The van der Waals surface area contributed by atoms with Gasteiger partial charge in [0, 0.05) is 6.42 Å². The number of allylic oxidation sites excluding steroid dienone is 3. The Labute approximate surface area is 123 Å². The Bertz CT molecular complexity index is 370. The van der Waals surface area contributed by atoms with Crippen LogP contribution in [0.3, 0.4) is 0 Å². The van der Waals surface area contributed by atoms with Gasteiger partial charge in [0.1, 0.15) is 0 Å². The molecule has 0 atom stereocenters. The highest BCUT2D eigenvalue weighted by Gasteiger charge is 2.10. The number of hydrogen-bond donors (Lipinski definition) is 1. The van der Waals surface area contributed by atoms with Crippen LogP contribution in [0, 0.1) is 0 Å². The fraction of sp³-hybridized carbons (Fsp3) is 0.588. The molecule has 0 aliphatic rings. The first-order valence-electron chi connectivity index (χ1n) is 7.12. The number of carboxylic acids is 1. The monoisotopic (exact) mass is 280 g/mol. The molecule has 0 radical (unpaired) electrons. The minimum Gasteiger partial charge on any atom is -0.481 e. The lowest BCUT2D eigenvalue weighted by Gasteiger charge is -2.20. The van der Waals surface area contributed by atoms with Crippen LogP contribution < -0.4 is 0 Å². The molecule has 0 rings (SSSR count). The number of unbranched alkanes of at least 4 members (excludes halogenated alkanes) is 1. The summed E-state index contributed by atoms with van der Waals surface area (Å²) in [5.74, 6) is -0.729. The van der Waals surface area contributed by atoms with Crippen molar-refractivity contribution in [3.8, 4) is 0 Å². The Morgan fingerprint density at radius 3 is 2.25 bits per heavy atom. The molecule has 0 amide bonds. The van der Waals surface area contributed by atoms with Crippen molar-refractivity contribution in [1.82, 2.24) is 0 Å². The van der Waals surface area contributed by atoms with E-state index in [9.17, 15) is 4.79 Å². The van der Waals surface area contributed by atoms with Gasteiger partial charge in [-0.1, -0.05) is 30.4 Å². The van der Waals surface area contributed by atoms with Crippen LogP contribution in [0.25, 0.3) is 0 Å². The van der Waals surface area contributed by atoms with Gasteiger partial charge in [-0.3, -0.25) is 4.79 Å². The molecule has 0 saturated heterocycles. The fourth-order valence-corrected chi connectivity index (χ4v) is 1.60. The van der Waals surface area contributed by atoms with Gasteiger partial charge in [0.2, 0.25) is 0 Å². The van der Waals surface area contributed by atoms with E-state index in [1.54, 1.807) is 0 Å². The number of hydrogen-bond acceptors (Lipinski definition) is 2. The zero-order valence-corrected chi connectivity index (χ0v) is 13.2. The standard InChI is InChI=1S/C17H28O3/c1-6-14(10-8-9-11-16(18)19)12-15(7-2)13-20-17(3,4)5/h6-7,12H,2,8-11,13H2,1,3-5H3,(H,18,19)/b14-6-,15-12+. The zero-order chi connectivity index (χ0) is 15.6. The molecule has 114 valence electrons. The number of aliphatic carboxylic acids is 1. The highest BCUT2D eigenvalue weighted by molar-refractivity contribution is 5.66. The molecule has 0 aromatic rings. The Kier molecular flexibility index (Phi) is 8.89. The Balaban J connectivity index is 4.37. The van der Waals surface area contributed by atoms with Crippen molar-refractivity contribution < 1.29 is 14.6 Å². The molecule has 0 bridgehead atoms. The molecule has 0 saturated carbocycles. The van der Waals surface area contributed by atoms with Crippen LogP contribution in [0.1, 0.15) is 53.4 Å². The summed E-state index contributed by atoms with van der Waals surface area (Å²) in [6.07, 6.45) is 8.67. The zero-order valence-electron chi connectivity index (χ0n) is 13.2. The van der Waals surface area contributed by atoms with E-state index in [1.807, 2.05) is 33.8 Å². The second kappa shape index (κ2) is 9.54. The van der Waals surface area contributed by atoms with Crippen LogP contribution in [-0.2, 0) is 9.53 Å². The normalized spacial score (nSPS) is 13.4. The number of rotatable bonds is 9. The summed E-state index contributed by atoms with van der Waals surface area (Å²) in [5, 5.41) is 8.61. The van der Waals surface area contributed by atoms with E-state index >= 15 is 0 Å². The minimum absolute atomic E-state index is 0.167. The van der Waals surface area contributed by atoms with Crippen LogP contribution in [0.15, 0.2) is 36.0 Å². The van der Waals surface area contributed by atoms with Crippen LogP contribution in [0.4, 0.5) is 0 Å². The van der Waals surface area contributed by atoms with Gasteiger partial charge < -0.3 is 9.84 Å². The second-order valence-corrected chi connectivity index (χ2v) is 5.79. The third-order valence-corrected chi connectivity index (χ3v) is 2.78. The third kappa shape index (κ3) is 10.6. The Morgan fingerprint density at radius 2 is 1.80 bits per heavy atom. The lowest BCUT2D eigenvalue weighted by molar-refractivity contribution is -0.137. The summed E-state index contributed by atoms with van der Waals surface area (Å²) in [6, 6.07) is 0. The van der Waals surface area contributed by atoms with Crippen LogP contribution >= 0.6 is 0 Å². The van der Waals surface area contributed by atoms with Crippen molar-refractivity contribution in [3.05, 3.63) is 36.0 Å². The molecular formula is C17H28O3. The molecule has 0 unspecified atom stereocenters. The molecule has 0 heterocycles. The van der Waals surface area contributed by atoms with Crippen LogP contribution in [0.2, 0.25) is 0 Å². The van der Waals surface area contributed by atoms with Crippen molar-refractivity contribution in [2.45, 2.75) is 59.0 Å². The van der Waals surface area contributed by atoms with Gasteiger partial charge in [-0.05, 0) is 52.5 Å². The molecule has 3 heteroatoms. The molecule has 1 N–H and O–H groups in total. The van der Waals surface area contributed by atoms with E-state index in [0.717, 1.165) is 18.4 Å². The molecule has 0 aromatic heterocycles. The highest BCUT2D eigenvalue weighted by atomic mass is 16.5. The van der Waals surface area contributed by atoms with E-state index in [-0.39, 0.29) is 12.0 Å². The first-order chi connectivity index (χ1) is 9.28. The number of carboxylic acid groups (broad SMARTS) is 1. The van der Waals surface area contributed by atoms with Gasteiger partial charge in [0.15, 0.2) is 0 Å². The molecule has 3 nitrogen and oxygen atoms in total. The van der Waals surface area contributed by atoms with Crippen molar-refractivity contribution in [2.24, 2.45) is 0 Å². The molecule has 0 aromatic carbocycles. The molecule has 0 spiro atoms. The maximum Gasteiger partial charge on any atom is 0.303 e. The summed E-state index contributed by atoms with van der Waals surface area (Å²) in [7, 11) is 0. The Hall–Kier alpha value is -1.35. The molecule has 0 aliphatic heterocycles. The quantitative estimate of drug-likeness (QED) is 0.499. The molecule has 0 fully saturated rings. The third-order valence-electron chi connectivity index (χ3n) is 2.78. The van der Waals surface area contributed by atoms with Gasteiger partial charge >= 0.3 is 5.97 Å². The molecular weight excluding hydrogens is 252 g/mol. The van der Waals surface area contributed by atoms with Gasteiger partial charge in [0.25, 0.3) is 0 Å². The van der Waals surface area contributed by atoms with Crippen molar-refractivity contribution in [3.63, 3.8) is 0 Å². The topological polar surface area (TPSA) is 46.5 Å². The van der Waals surface area contributed by atoms with Gasteiger partial charge in [-0.2, -0.15) is 0 Å². The van der Waals surface area contributed by atoms with E-state index in [0.29, 0.717) is 13.0 Å². The van der Waals surface area contributed by atoms with Crippen molar-refractivity contribution >= 4 is 5.97 Å². The Morgan fingerprint density at radius 1 is 1.20 bits per heavy atom. The lowest BCUT2D eigenvalue weighted by Crippen LogP contribution is -2.20. The predicted octanol–water partition coefficient (Wildman–Crippen LogP) is 4.51. The summed E-state index contributed by atoms with van der Waals surface area (Å²) >= 11 is 0. The van der Waals surface area contributed by atoms with Crippen molar-refractivity contribution in [2.75, 3.05) is 6.61 Å². The molecule has 0 aliphatic carbocycles. The fourth-order valence-electron chi connectivity index (χ4n) is 1.60. The van der Waals surface area contributed by atoms with E-state index in [4.69, 9.17) is 9.84 Å². The average Bonchev–Trinajstić information content (AvgIpc) is 2.35. The lowest BCUT2D eigenvalue weighted by atomic mass is 10.0. The summed E-state index contributed by atoms with van der Waals surface area (Å²) in [4.78, 5) is 10.5. The first kappa shape index (κ1) is 18.7. The van der Waals surface area contributed by atoms with Crippen LogP contribution in [0.5, 0.6) is 0 Å². The SMILES string of the molecule is C=C/C(=C\C(=C/C)CCCCC(=O)O)COC(C)(C)C. The van der Waals surface area contributed by atoms with Gasteiger partial charge in [-0.15, -0.1) is 0 Å². The largest absolute Gasteiger partial charge is 0.481 e. The highest BCUT2D eigenvalue weighted by Crippen LogP contribution is 2.15. The second-order valence-electron chi connectivity index (χ2n) is 5.79. The predicted molar refractivity (Wildman–Crippen MR) is 83.8 cm³/mol.